The maximum atomic E-state index is 14.2. The second-order valence-corrected chi connectivity index (χ2v) is 9.63. The minimum absolute atomic E-state index is 0.0969. The van der Waals surface area contributed by atoms with Gasteiger partial charge in [-0.15, -0.1) is 0 Å². The zero-order chi connectivity index (χ0) is 29.2. The zero-order valence-corrected chi connectivity index (χ0v) is 22.2. The summed E-state index contributed by atoms with van der Waals surface area (Å²) in [4.78, 5) is 48.7. The number of ketones is 1. The quantitative estimate of drug-likeness (QED) is 0.391. The summed E-state index contributed by atoms with van der Waals surface area (Å²) < 4.78 is 40.6. The molecule has 0 bridgehead atoms. The highest BCUT2D eigenvalue weighted by molar-refractivity contribution is 6.15. The number of hydrogen-bond acceptors (Lipinski definition) is 6. The second-order valence-electron chi connectivity index (χ2n) is 9.63. The number of hydrogen-bond donors (Lipinski definition) is 0. The maximum Gasteiger partial charge on any atom is 0.416 e. The Morgan fingerprint density at radius 1 is 1.10 bits per heavy atom. The third kappa shape index (κ3) is 5.47. The first-order chi connectivity index (χ1) is 19.0. The monoisotopic (exact) mass is 552 g/mol. The summed E-state index contributed by atoms with van der Waals surface area (Å²) in [6, 6.07) is 12.5. The van der Waals surface area contributed by atoms with Crippen molar-refractivity contribution in [3.63, 3.8) is 0 Å². The van der Waals surface area contributed by atoms with Crippen LogP contribution in [0.4, 0.5) is 18.9 Å². The van der Waals surface area contributed by atoms with Gasteiger partial charge in [0.1, 0.15) is 13.0 Å². The van der Waals surface area contributed by atoms with Crippen molar-refractivity contribution in [3.05, 3.63) is 76.5 Å². The lowest BCUT2D eigenvalue weighted by Gasteiger charge is -2.41. The van der Waals surface area contributed by atoms with E-state index in [0.29, 0.717) is 24.0 Å². The minimum Gasteiger partial charge on any atom is -0.399 e. The van der Waals surface area contributed by atoms with Gasteiger partial charge in [0.05, 0.1) is 22.9 Å². The zero-order valence-electron chi connectivity index (χ0n) is 22.2. The van der Waals surface area contributed by atoms with Gasteiger partial charge in [0, 0.05) is 48.8 Å². The van der Waals surface area contributed by atoms with E-state index in [0.717, 1.165) is 22.7 Å². The molecule has 2 unspecified atom stereocenters. The number of allylic oxidation sites excluding steroid dienone is 2. The predicted octanol–water partition coefficient (Wildman–Crippen LogP) is 4.81. The van der Waals surface area contributed by atoms with E-state index in [1.165, 1.54) is 50.1 Å². The Labute approximate surface area is 229 Å². The lowest BCUT2D eigenvalue weighted by Crippen LogP contribution is -2.53. The van der Waals surface area contributed by atoms with Crippen molar-refractivity contribution < 1.29 is 32.4 Å². The summed E-state index contributed by atoms with van der Waals surface area (Å²) in [5.41, 5.74) is 0.800. The number of carbonyl (C=O) groups is 3. The molecule has 0 aliphatic carbocycles. The number of alkyl halides is 3. The summed E-state index contributed by atoms with van der Waals surface area (Å²) in [6.45, 7) is 3.30. The first-order valence-electron chi connectivity index (χ1n) is 12.6. The van der Waals surface area contributed by atoms with E-state index in [9.17, 15) is 32.8 Å². The Morgan fingerprint density at radius 2 is 1.75 bits per heavy atom. The van der Waals surface area contributed by atoms with E-state index in [-0.39, 0.29) is 30.0 Å². The van der Waals surface area contributed by atoms with Gasteiger partial charge in [-0.2, -0.15) is 18.4 Å². The Balaban J connectivity index is 1.88. The molecule has 2 aliphatic rings. The standard InChI is InChI=1S/C29H27F3N4O4/c1-17-24(18(2)37)25(20-9-7-19(16-33)8-10-20)26(27(38)35-13-11-22(12-14-35)34-40-3)28(39)36(17)23-6-4-5-21(15-23)29(30,31)32/h4-10,15,25-26H,11-14H2,1-3H3. The highest BCUT2D eigenvalue weighted by Crippen LogP contribution is 2.44. The van der Waals surface area contributed by atoms with Crippen LogP contribution in [0.15, 0.2) is 65.0 Å². The van der Waals surface area contributed by atoms with Crippen LogP contribution >= 0.6 is 0 Å². The number of Topliss-reactive ketones (excluding diaryl/α,β-unsaturated/α-hetero) is 1. The van der Waals surface area contributed by atoms with Crippen molar-refractivity contribution >= 4 is 29.0 Å². The van der Waals surface area contributed by atoms with Gasteiger partial charge in [-0.1, -0.05) is 23.4 Å². The van der Waals surface area contributed by atoms with Crippen LogP contribution in [-0.2, 0) is 25.4 Å². The number of nitrogens with zero attached hydrogens (tertiary/aromatic N) is 4. The fourth-order valence-corrected chi connectivity index (χ4v) is 5.35. The molecular weight excluding hydrogens is 525 g/mol. The SMILES string of the molecule is CON=C1CCN(C(=O)C2C(=O)N(c3cccc(C(F)(F)F)c3)C(C)=C(C(C)=O)C2c2ccc(C#N)cc2)CC1. The number of rotatable bonds is 5. The average molecular weight is 553 g/mol. The van der Waals surface area contributed by atoms with Crippen LogP contribution in [0.25, 0.3) is 0 Å². The van der Waals surface area contributed by atoms with Gasteiger partial charge in [-0.3, -0.25) is 19.3 Å². The van der Waals surface area contributed by atoms with Crippen LogP contribution in [0, 0.1) is 17.2 Å². The average Bonchev–Trinajstić information content (AvgIpc) is 2.92. The van der Waals surface area contributed by atoms with Gasteiger partial charge in [0.2, 0.25) is 11.8 Å². The highest BCUT2D eigenvalue weighted by atomic mass is 19.4. The number of carbonyl (C=O) groups excluding carboxylic acids is 3. The van der Waals surface area contributed by atoms with Gasteiger partial charge in [-0.05, 0) is 49.7 Å². The number of anilines is 1. The molecule has 40 heavy (non-hydrogen) atoms. The van der Waals surface area contributed by atoms with Crippen molar-refractivity contribution in [1.82, 2.24) is 4.90 Å². The first-order valence-corrected chi connectivity index (χ1v) is 12.6. The Hall–Kier alpha value is -4.46. The number of halogens is 3. The lowest BCUT2D eigenvalue weighted by atomic mass is 9.73. The number of benzene rings is 2. The number of piperidine rings is 1. The van der Waals surface area contributed by atoms with Crippen LogP contribution in [0.2, 0.25) is 0 Å². The first kappa shape index (κ1) is 28.5. The summed E-state index contributed by atoms with van der Waals surface area (Å²) in [5, 5.41) is 13.2. The summed E-state index contributed by atoms with van der Waals surface area (Å²) >= 11 is 0. The molecular formula is C29H27F3N4O4. The number of nitriles is 1. The molecule has 2 aromatic rings. The molecule has 1 fully saturated rings. The fraction of sp³-hybridized carbons (Fsp3) is 0.345. The van der Waals surface area contributed by atoms with Crippen molar-refractivity contribution in [2.45, 2.75) is 38.8 Å². The molecule has 0 aromatic heterocycles. The molecule has 208 valence electrons. The third-order valence-electron chi connectivity index (χ3n) is 7.20. The molecule has 0 saturated carbocycles. The smallest absolute Gasteiger partial charge is 0.399 e. The van der Waals surface area contributed by atoms with E-state index in [4.69, 9.17) is 4.84 Å². The number of amides is 2. The summed E-state index contributed by atoms with van der Waals surface area (Å²) in [7, 11) is 1.42. The molecule has 0 spiro atoms. The summed E-state index contributed by atoms with van der Waals surface area (Å²) in [5.74, 6) is -4.13. The van der Waals surface area contributed by atoms with Crippen LogP contribution in [-0.4, -0.2) is 48.4 Å². The van der Waals surface area contributed by atoms with Crippen LogP contribution in [0.5, 0.6) is 0 Å². The molecule has 1 saturated heterocycles. The minimum atomic E-state index is -4.66. The lowest BCUT2D eigenvalue weighted by molar-refractivity contribution is -0.142. The normalized spacial score (nSPS) is 19.8. The third-order valence-corrected chi connectivity index (χ3v) is 7.20. The van der Waals surface area contributed by atoms with Gasteiger partial charge >= 0.3 is 6.18 Å². The van der Waals surface area contributed by atoms with Crippen molar-refractivity contribution in [2.24, 2.45) is 11.1 Å². The van der Waals surface area contributed by atoms with E-state index in [1.54, 1.807) is 12.1 Å². The molecule has 0 N–H and O–H groups in total. The van der Waals surface area contributed by atoms with Crippen LogP contribution < -0.4 is 4.90 Å². The Morgan fingerprint density at radius 3 is 2.30 bits per heavy atom. The van der Waals surface area contributed by atoms with Gasteiger partial charge in [-0.25, -0.2) is 0 Å². The predicted molar refractivity (Wildman–Crippen MR) is 140 cm³/mol. The largest absolute Gasteiger partial charge is 0.416 e. The number of likely N-dealkylation sites (tertiary alicyclic amines) is 1. The Kier molecular flexibility index (Phi) is 8.09. The molecule has 4 rings (SSSR count). The number of oxime groups is 1. The van der Waals surface area contributed by atoms with E-state index in [1.807, 2.05) is 6.07 Å². The maximum absolute atomic E-state index is 14.2. The van der Waals surface area contributed by atoms with E-state index >= 15 is 0 Å². The molecule has 2 heterocycles. The molecule has 2 atom stereocenters. The van der Waals surface area contributed by atoms with Gasteiger partial charge in [0.25, 0.3) is 0 Å². The summed E-state index contributed by atoms with van der Waals surface area (Å²) in [6.07, 6.45) is -3.81. The topological polar surface area (TPSA) is 103 Å². The second kappa shape index (κ2) is 11.3. The van der Waals surface area contributed by atoms with Crippen LogP contribution in [0.3, 0.4) is 0 Å². The molecule has 0 radical (unpaired) electrons. The molecule has 8 nitrogen and oxygen atoms in total. The highest BCUT2D eigenvalue weighted by Gasteiger charge is 2.49. The molecule has 2 aliphatic heterocycles. The Bertz CT molecular complexity index is 1430. The van der Waals surface area contributed by atoms with E-state index < -0.39 is 41.2 Å². The van der Waals surface area contributed by atoms with Crippen LogP contribution in [0.1, 0.15) is 49.3 Å². The van der Waals surface area contributed by atoms with Crippen molar-refractivity contribution in [2.75, 3.05) is 25.1 Å². The molecule has 2 amide bonds. The van der Waals surface area contributed by atoms with E-state index in [2.05, 4.69) is 5.16 Å². The van der Waals surface area contributed by atoms with Crippen molar-refractivity contribution in [1.29, 1.82) is 5.26 Å². The molecule has 11 heteroatoms. The van der Waals surface area contributed by atoms with Crippen molar-refractivity contribution in [3.8, 4) is 6.07 Å². The van der Waals surface area contributed by atoms with Gasteiger partial charge < -0.3 is 9.74 Å². The fourth-order valence-electron chi connectivity index (χ4n) is 5.35. The molecule has 2 aromatic carbocycles. The van der Waals surface area contributed by atoms with Gasteiger partial charge in [0.15, 0.2) is 5.78 Å².